The van der Waals surface area contributed by atoms with Crippen LogP contribution in [0, 0.1) is 6.92 Å². The van der Waals surface area contributed by atoms with Crippen molar-refractivity contribution in [2.45, 2.75) is 18.4 Å². The van der Waals surface area contributed by atoms with Gasteiger partial charge in [0.15, 0.2) is 5.65 Å². The third kappa shape index (κ3) is 3.69. The maximum Gasteiger partial charge on any atom is 0.352 e. The van der Waals surface area contributed by atoms with Gasteiger partial charge in [-0.05, 0) is 36.9 Å². The molecule has 3 heterocycles. The van der Waals surface area contributed by atoms with Gasteiger partial charge in [-0.3, -0.25) is 4.79 Å². The molecule has 0 fully saturated rings. The Morgan fingerprint density at radius 3 is 2.78 bits per heavy atom. The van der Waals surface area contributed by atoms with Crippen LogP contribution in [0.5, 0.6) is 0 Å². The molecule has 5 rings (SSSR count). The normalized spacial score (nSPS) is 11.3. The fourth-order valence-electron chi connectivity index (χ4n) is 3.51. The number of rotatable bonds is 5. The summed E-state index contributed by atoms with van der Waals surface area (Å²) in [5, 5.41) is 9.30. The fourth-order valence-corrected chi connectivity index (χ4v) is 4.97. The summed E-state index contributed by atoms with van der Waals surface area (Å²) in [6.45, 7) is 1.87. The lowest BCUT2D eigenvalue weighted by Gasteiger charge is -2.05. The number of aryl methyl sites for hydroxylation is 1. The van der Waals surface area contributed by atoms with E-state index in [9.17, 15) is 9.59 Å². The van der Waals surface area contributed by atoms with Gasteiger partial charge in [0, 0.05) is 21.5 Å². The number of aromatic nitrogens is 4. The van der Waals surface area contributed by atoms with E-state index in [-0.39, 0.29) is 12.5 Å². The monoisotopic (exact) mass is 461 g/mol. The highest BCUT2D eigenvalue weighted by Crippen LogP contribution is 2.34. The minimum Gasteiger partial charge on any atom is -0.324 e. The molecule has 0 saturated carbocycles. The second-order valence-electron chi connectivity index (χ2n) is 7.35. The van der Waals surface area contributed by atoms with Crippen LogP contribution in [-0.2, 0) is 11.3 Å². The van der Waals surface area contributed by atoms with Gasteiger partial charge in [-0.15, -0.1) is 28.2 Å². The molecule has 2 aromatic carbocycles. The maximum absolute atomic E-state index is 12.8. The van der Waals surface area contributed by atoms with Crippen LogP contribution in [0.4, 0.5) is 5.69 Å². The van der Waals surface area contributed by atoms with Crippen molar-refractivity contribution < 1.29 is 4.79 Å². The minimum atomic E-state index is -0.396. The van der Waals surface area contributed by atoms with Gasteiger partial charge >= 0.3 is 5.69 Å². The third-order valence-corrected chi connectivity index (χ3v) is 6.84. The van der Waals surface area contributed by atoms with Crippen molar-refractivity contribution in [3.8, 4) is 11.1 Å². The number of thioether (sulfide) groups is 1. The summed E-state index contributed by atoms with van der Waals surface area (Å²) in [7, 11) is 0. The molecular formula is C23H19N5O2S2. The summed E-state index contributed by atoms with van der Waals surface area (Å²) in [6, 6.07) is 15.8. The van der Waals surface area contributed by atoms with E-state index in [1.807, 2.05) is 42.8 Å². The number of anilines is 1. The molecule has 9 heteroatoms. The molecule has 0 radical (unpaired) electrons. The van der Waals surface area contributed by atoms with E-state index < -0.39 is 5.69 Å². The first-order valence-electron chi connectivity index (χ1n) is 9.90. The number of carbonyl (C=O) groups excluding carboxylic acids is 1. The number of nitrogens with one attached hydrogen (secondary N) is 1. The van der Waals surface area contributed by atoms with Crippen LogP contribution in [0.1, 0.15) is 5.56 Å². The van der Waals surface area contributed by atoms with Crippen molar-refractivity contribution in [2.24, 2.45) is 0 Å². The van der Waals surface area contributed by atoms with E-state index in [1.165, 1.54) is 32.3 Å². The Hall–Kier alpha value is -3.43. The standard InChI is InChI=1S/C23H19N5O2S2/c1-14-6-8-15(9-7-14)18-12-32-21-20(18)24-13-27-22(21)26-28(23(27)30)11-19(29)25-16-4-3-5-17(10-16)31-2/h3-10,12-13H,11H2,1-2H3,(H,25,29). The number of benzene rings is 2. The van der Waals surface area contributed by atoms with E-state index in [0.717, 1.165) is 26.2 Å². The molecule has 0 unspecified atom stereocenters. The zero-order chi connectivity index (χ0) is 22.2. The van der Waals surface area contributed by atoms with Gasteiger partial charge in [0.1, 0.15) is 12.9 Å². The van der Waals surface area contributed by atoms with E-state index >= 15 is 0 Å². The topological polar surface area (TPSA) is 81.3 Å². The molecular weight excluding hydrogens is 442 g/mol. The van der Waals surface area contributed by atoms with Crippen molar-refractivity contribution in [3.63, 3.8) is 0 Å². The number of fused-ring (bicyclic) bond motifs is 3. The van der Waals surface area contributed by atoms with E-state index in [1.54, 1.807) is 11.8 Å². The zero-order valence-electron chi connectivity index (χ0n) is 17.4. The molecule has 160 valence electrons. The van der Waals surface area contributed by atoms with Gasteiger partial charge in [-0.2, -0.15) is 0 Å². The molecule has 0 atom stereocenters. The van der Waals surface area contributed by atoms with Crippen LogP contribution in [0.2, 0.25) is 0 Å². The smallest absolute Gasteiger partial charge is 0.324 e. The largest absolute Gasteiger partial charge is 0.352 e. The lowest BCUT2D eigenvalue weighted by atomic mass is 10.1. The number of amides is 1. The number of hydrogen-bond donors (Lipinski definition) is 1. The molecule has 0 bridgehead atoms. The Morgan fingerprint density at radius 1 is 1.19 bits per heavy atom. The molecule has 1 N–H and O–H groups in total. The summed E-state index contributed by atoms with van der Waals surface area (Å²) in [5.74, 6) is -0.315. The summed E-state index contributed by atoms with van der Waals surface area (Å²) >= 11 is 3.08. The Bertz CT molecular complexity index is 1520. The highest BCUT2D eigenvalue weighted by Gasteiger charge is 2.17. The summed E-state index contributed by atoms with van der Waals surface area (Å²) in [5.41, 5.74) is 4.83. The van der Waals surface area contributed by atoms with Gasteiger partial charge in [0.2, 0.25) is 5.91 Å². The molecule has 0 aliphatic carbocycles. The lowest BCUT2D eigenvalue weighted by molar-refractivity contribution is -0.117. The summed E-state index contributed by atoms with van der Waals surface area (Å²) < 4.78 is 3.38. The molecule has 0 aliphatic heterocycles. The number of nitrogens with zero attached hydrogens (tertiary/aromatic N) is 4. The van der Waals surface area contributed by atoms with Crippen LogP contribution < -0.4 is 11.0 Å². The Labute approximate surface area is 191 Å². The number of thiophene rings is 1. The highest BCUT2D eigenvalue weighted by molar-refractivity contribution is 7.98. The number of carbonyl (C=O) groups is 1. The van der Waals surface area contributed by atoms with Crippen LogP contribution >= 0.6 is 23.1 Å². The first-order valence-corrected chi connectivity index (χ1v) is 12.0. The van der Waals surface area contributed by atoms with E-state index in [2.05, 4.69) is 39.7 Å². The van der Waals surface area contributed by atoms with Gasteiger partial charge in [0.25, 0.3) is 0 Å². The first-order chi connectivity index (χ1) is 15.5. The third-order valence-electron chi connectivity index (χ3n) is 5.15. The van der Waals surface area contributed by atoms with Crippen LogP contribution in [0.3, 0.4) is 0 Å². The zero-order valence-corrected chi connectivity index (χ0v) is 19.0. The molecule has 7 nitrogen and oxygen atoms in total. The Kier molecular flexibility index (Phi) is 5.28. The predicted octanol–water partition coefficient (Wildman–Crippen LogP) is 4.44. The van der Waals surface area contributed by atoms with Crippen LogP contribution in [-0.4, -0.2) is 31.3 Å². The molecule has 5 aromatic rings. The SMILES string of the molecule is CSc1cccc(NC(=O)Cn2nc3c4scc(-c5ccc(C)cc5)c4ncn3c2=O)c1. The number of hydrogen-bond acceptors (Lipinski definition) is 6. The minimum absolute atomic E-state index is 0.179. The second-order valence-corrected chi connectivity index (χ2v) is 9.11. The van der Waals surface area contributed by atoms with Gasteiger partial charge in [-0.1, -0.05) is 35.9 Å². The molecule has 0 aliphatic rings. The van der Waals surface area contributed by atoms with Gasteiger partial charge in [-0.25, -0.2) is 18.9 Å². The Morgan fingerprint density at radius 2 is 2.00 bits per heavy atom. The second kappa shape index (κ2) is 8.25. The first kappa shape index (κ1) is 20.5. The van der Waals surface area contributed by atoms with Gasteiger partial charge < -0.3 is 5.32 Å². The van der Waals surface area contributed by atoms with Crippen molar-refractivity contribution in [1.29, 1.82) is 0 Å². The maximum atomic E-state index is 12.8. The molecule has 32 heavy (non-hydrogen) atoms. The summed E-state index contributed by atoms with van der Waals surface area (Å²) in [6.07, 6.45) is 3.45. The van der Waals surface area contributed by atoms with Crippen molar-refractivity contribution in [2.75, 3.05) is 11.6 Å². The van der Waals surface area contributed by atoms with Gasteiger partial charge in [0.05, 0.1) is 10.2 Å². The van der Waals surface area contributed by atoms with Crippen molar-refractivity contribution in [1.82, 2.24) is 19.2 Å². The predicted molar refractivity (Wildman–Crippen MR) is 130 cm³/mol. The molecule has 1 amide bonds. The average Bonchev–Trinajstić information content (AvgIpc) is 3.36. The van der Waals surface area contributed by atoms with Crippen LogP contribution in [0.25, 0.3) is 27.0 Å². The Balaban J connectivity index is 1.47. The van der Waals surface area contributed by atoms with E-state index in [4.69, 9.17) is 0 Å². The average molecular weight is 462 g/mol. The fraction of sp³-hybridized carbons (Fsp3) is 0.130. The van der Waals surface area contributed by atoms with Crippen LogP contribution in [0.15, 0.2) is 69.9 Å². The molecule has 0 spiro atoms. The lowest BCUT2D eigenvalue weighted by Crippen LogP contribution is -2.28. The quantitative estimate of drug-likeness (QED) is 0.391. The van der Waals surface area contributed by atoms with Crippen molar-refractivity contribution in [3.05, 3.63) is 76.3 Å². The molecule has 3 aromatic heterocycles. The molecule has 0 saturated heterocycles. The van der Waals surface area contributed by atoms with Crippen molar-refractivity contribution >= 4 is 50.6 Å². The highest BCUT2D eigenvalue weighted by atomic mass is 32.2. The van der Waals surface area contributed by atoms with E-state index in [0.29, 0.717) is 11.3 Å². The summed E-state index contributed by atoms with van der Waals surface area (Å²) in [4.78, 5) is 30.9.